The quantitative estimate of drug-likeness (QED) is 0.243. The van der Waals surface area contributed by atoms with Gasteiger partial charge < -0.3 is 30.6 Å². The number of hydrogen-bond acceptors (Lipinski definition) is 7. The number of rotatable bonds is 9. The second kappa shape index (κ2) is 18.5. The molecule has 2 fully saturated rings. The number of carbonyl (C=O) groups excluding carboxylic acids is 1. The summed E-state index contributed by atoms with van der Waals surface area (Å²) in [6.07, 6.45) is 4.25. The predicted octanol–water partition coefficient (Wildman–Crippen LogP) is 3.51. The average molecular weight is 689 g/mol. The van der Waals surface area contributed by atoms with Gasteiger partial charge in [-0.1, -0.05) is 29.8 Å². The lowest BCUT2D eigenvalue weighted by Gasteiger charge is -2.39. The van der Waals surface area contributed by atoms with E-state index in [1.807, 2.05) is 23.1 Å². The molecule has 2 saturated heterocycles. The summed E-state index contributed by atoms with van der Waals surface area (Å²) in [5.41, 5.74) is 3.77. The summed E-state index contributed by atoms with van der Waals surface area (Å²) < 4.78 is 13.5. The van der Waals surface area contributed by atoms with E-state index >= 15 is 0 Å². The second-order valence-electron chi connectivity index (χ2n) is 11.1. The standard InChI is InChI=1S/C25H30ClFN4O.2C4H4O4/c26-19-4-7-21-23(16-19)22(18-2-5-20(27)6-3-18)17-24(21)30-13-10-29(11-14-30)12-15-31-9-1-8-28-25(31)32;2*5-3(6)1-2-4(7)8/h2-7,16,22,24H,1,8-15,17H2,(H,28,32);2*1-2H,(H,5,6)(H,7,8)/b;2*2-1-/t22-,24+;;/m1../s1. The van der Waals surface area contributed by atoms with E-state index in [4.69, 9.17) is 32.0 Å². The third-order valence-corrected chi connectivity index (χ3v) is 8.19. The number of amides is 2. The van der Waals surface area contributed by atoms with E-state index in [9.17, 15) is 28.4 Å². The van der Waals surface area contributed by atoms with Crippen LogP contribution in [0.5, 0.6) is 0 Å². The summed E-state index contributed by atoms with van der Waals surface area (Å²) in [5.74, 6) is -4.99. The van der Waals surface area contributed by atoms with Crippen LogP contribution in [0.2, 0.25) is 5.02 Å². The zero-order chi connectivity index (χ0) is 35.2. The van der Waals surface area contributed by atoms with Gasteiger partial charge in [-0.25, -0.2) is 28.4 Å². The van der Waals surface area contributed by atoms with Crippen LogP contribution in [0.15, 0.2) is 66.8 Å². The van der Waals surface area contributed by atoms with Crippen LogP contribution >= 0.6 is 11.6 Å². The number of carbonyl (C=O) groups is 5. The molecule has 0 radical (unpaired) electrons. The molecule has 5 rings (SSSR count). The van der Waals surface area contributed by atoms with Gasteiger partial charge in [0.15, 0.2) is 0 Å². The first-order valence-corrected chi connectivity index (χ1v) is 15.5. The molecule has 2 aromatic carbocycles. The number of fused-ring (bicyclic) bond motifs is 1. The summed E-state index contributed by atoms with van der Waals surface area (Å²) in [4.78, 5) is 57.2. The first-order chi connectivity index (χ1) is 22.8. The van der Waals surface area contributed by atoms with Crippen molar-refractivity contribution in [1.29, 1.82) is 0 Å². The number of urea groups is 1. The molecule has 0 saturated carbocycles. The predicted molar refractivity (Wildman–Crippen MR) is 173 cm³/mol. The van der Waals surface area contributed by atoms with Gasteiger partial charge >= 0.3 is 29.9 Å². The van der Waals surface area contributed by atoms with Gasteiger partial charge in [0, 0.05) is 93.6 Å². The first kappa shape index (κ1) is 37.7. The maximum atomic E-state index is 13.5. The molecule has 0 unspecified atom stereocenters. The Hall–Kier alpha value is -4.79. The Balaban J connectivity index is 0.000000325. The number of nitrogens with one attached hydrogen (secondary N) is 1. The molecule has 15 heteroatoms. The third kappa shape index (κ3) is 12.1. The van der Waals surface area contributed by atoms with Crippen molar-refractivity contribution in [3.8, 4) is 0 Å². The molecule has 2 aromatic rings. The number of carboxylic acid groups (broad SMARTS) is 4. The fraction of sp³-hybridized carbons (Fsp3) is 0.364. The highest BCUT2D eigenvalue weighted by molar-refractivity contribution is 6.30. The van der Waals surface area contributed by atoms with E-state index in [-0.39, 0.29) is 17.8 Å². The van der Waals surface area contributed by atoms with E-state index < -0.39 is 23.9 Å². The van der Waals surface area contributed by atoms with Crippen LogP contribution in [0.4, 0.5) is 9.18 Å². The summed E-state index contributed by atoms with van der Waals surface area (Å²) in [6, 6.07) is 13.6. The van der Waals surface area contributed by atoms with Gasteiger partial charge in [-0.05, 0) is 53.8 Å². The van der Waals surface area contributed by atoms with E-state index in [0.29, 0.717) is 30.3 Å². The minimum atomic E-state index is -1.26. The minimum Gasteiger partial charge on any atom is -0.478 e. The van der Waals surface area contributed by atoms with Crippen molar-refractivity contribution in [2.24, 2.45) is 0 Å². The Morgan fingerprint density at radius 1 is 0.792 bits per heavy atom. The summed E-state index contributed by atoms with van der Waals surface area (Å²) in [6.45, 7) is 7.41. The first-order valence-electron chi connectivity index (χ1n) is 15.2. The van der Waals surface area contributed by atoms with E-state index in [0.717, 1.165) is 75.8 Å². The normalized spacial score (nSPS) is 19.5. The highest BCUT2D eigenvalue weighted by atomic mass is 35.5. The highest BCUT2D eigenvalue weighted by Gasteiger charge is 2.36. The second-order valence-corrected chi connectivity index (χ2v) is 11.5. The maximum absolute atomic E-state index is 13.5. The molecule has 0 spiro atoms. The minimum absolute atomic E-state index is 0.0722. The molecular weight excluding hydrogens is 651 g/mol. The van der Waals surface area contributed by atoms with E-state index in [2.05, 4.69) is 27.2 Å². The zero-order valence-corrected chi connectivity index (χ0v) is 26.8. The molecule has 0 aromatic heterocycles. The fourth-order valence-corrected chi connectivity index (χ4v) is 5.90. The molecule has 2 heterocycles. The Kier molecular flexibility index (Phi) is 14.5. The number of hydrogen-bond donors (Lipinski definition) is 5. The lowest BCUT2D eigenvalue weighted by molar-refractivity contribution is -0.134. The number of aliphatic carboxylic acids is 4. The van der Waals surface area contributed by atoms with Gasteiger partial charge in [0.05, 0.1) is 0 Å². The lowest BCUT2D eigenvalue weighted by atomic mass is 9.93. The molecule has 1 aliphatic carbocycles. The van der Waals surface area contributed by atoms with Crippen molar-refractivity contribution in [3.05, 3.63) is 94.3 Å². The Morgan fingerprint density at radius 2 is 1.35 bits per heavy atom. The molecular formula is C33H38ClFN4O9. The summed E-state index contributed by atoms with van der Waals surface area (Å²) >= 11 is 6.35. The lowest BCUT2D eigenvalue weighted by Crippen LogP contribution is -2.52. The third-order valence-electron chi connectivity index (χ3n) is 7.95. The van der Waals surface area contributed by atoms with Crippen LogP contribution in [0.1, 0.15) is 41.5 Å². The van der Waals surface area contributed by atoms with Gasteiger partial charge in [0.1, 0.15) is 5.82 Å². The molecule has 48 heavy (non-hydrogen) atoms. The van der Waals surface area contributed by atoms with Crippen molar-refractivity contribution in [2.75, 3.05) is 52.4 Å². The smallest absolute Gasteiger partial charge is 0.328 e. The van der Waals surface area contributed by atoms with Crippen molar-refractivity contribution >= 4 is 41.5 Å². The summed E-state index contributed by atoms with van der Waals surface area (Å²) in [5, 5.41) is 34.9. The Morgan fingerprint density at radius 3 is 1.88 bits per heavy atom. The average Bonchev–Trinajstić information content (AvgIpc) is 3.42. The Labute approximate surface area is 281 Å². The highest BCUT2D eigenvalue weighted by Crippen LogP contribution is 2.47. The molecule has 258 valence electrons. The molecule has 0 bridgehead atoms. The van der Waals surface area contributed by atoms with Crippen molar-refractivity contribution in [3.63, 3.8) is 0 Å². The number of carboxylic acids is 4. The molecule has 5 N–H and O–H groups in total. The monoisotopic (exact) mass is 688 g/mol. The largest absolute Gasteiger partial charge is 0.478 e. The van der Waals surface area contributed by atoms with Gasteiger partial charge in [-0.3, -0.25) is 9.80 Å². The zero-order valence-electron chi connectivity index (χ0n) is 26.0. The fourth-order valence-electron chi connectivity index (χ4n) is 5.72. The van der Waals surface area contributed by atoms with Crippen molar-refractivity contribution < 1.29 is 48.8 Å². The van der Waals surface area contributed by atoms with Gasteiger partial charge in [0.2, 0.25) is 0 Å². The van der Waals surface area contributed by atoms with E-state index in [1.165, 1.54) is 11.1 Å². The number of piperazine rings is 1. The molecule has 2 atom stereocenters. The van der Waals surface area contributed by atoms with Crippen LogP contribution in [0.25, 0.3) is 0 Å². The van der Waals surface area contributed by atoms with Crippen molar-refractivity contribution in [2.45, 2.75) is 24.8 Å². The Bertz CT molecular complexity index is 1440. The van der Waals surface area contributed by atoms with Crippen molar-refractivity contribution in [1.82, 2.24) is 20.0 Å². The molecule has 2 aliphatic heterocycles. The molecule has 3 aliphatic rings. The number of benzene rings is 2. The maximum Gasteiger partial charge on any atom is 0.328 e. The number of halogens is 2. The SMILES string of the molecule is O=C(O)/C=C\C(=O)O.O=C(O)/C=C\C(=O)O.O=C1NCCCN1CCN1CCN([C@H]2C[C@H](c3ccc(F)cc3)c3cc(Cl)ccc32)CC1. The summed E-state index contributed by atoms with van der Waals surface area (Å²) in [7, 11) is 0. The van der Waals surface area contributed by atoms with Gasteiger partial charge in [-0.15, -0.1) is 0 Å². The van der Waals surface area contributed by atoms with Crippen LogP contribution in [-0.4, -0.2) is 117 Å². The van der Waals surface area contributed by atoms with Crippen LogP contribution in [-0.2, 0) is 19.2 Å². The van der Waals surface area contributed by atoms with Gasteiger partial charge in [0.25, 0.3) is 0 Å². The number of nitrogens with zero attached hydrogens (tertiary/aromatic N) is 3. The molecule has 13 nitrogen and oxygen atoms in total. The van der Waals surface area contributed by atoms with Gasteiger partial charge in [-0.2, -0.15) is 0 Å². The van der Waals surface area contributed by atoms with Crippen LogP contribution in [0, 0.1) is 5.82 Å². The van der Waals surface area contributed by atoms with Crippen LogP contribution < -0.4 is 5.32 Å². The van der Waals surface area contributed by atoms with E-state index in [1.54, 1.807) is 12.1 Å². The molecule has 2 amide bonds. The topological polar surface area (TPSA) is 188 Å². The van der Waals surface area contributed by atoms with Crippen LogP contribution in [0.3, 0.4) is 0 Å².